The minimum Gasteiger partial charge on any atom is -0.370 e. The van der Waals surface area contributed by atoms with Gasteiger partial charge >= 0.3 is 0 Å². The van der Waals surface area contributed by atoms with Gasteiger partial charge in [-0.2, -0.15) is 15.6 Å². The van der Waals surface area contributed by atoms with Crippen LogP contribution < -0.4 is 10.3 Å². The van der Waals surface area contributed by atoms with E-state index in [9.17, 15) is 0 Å². The number of halogens is 1. The molecule has 0 atom stereocenters. The summed E-state index contributed by atoms with van der Waals surface area (Å²) < 4.78 is 0. The van der Waals surface area contributed by atoms with Crippen molar-refractivity contribution in [3.05, 3.63) is 23.2 Å². The molecule has 21 heavy (non-hydrogen) atoms. The van der Waals surface area contributed by atoms with E-state index in [-0.39, 0.29) is 5.71 Å². The maximum atomic E-state index is 8.62. The van der Waals surface area contributed by atoms with Crippen molar-refractivity contribution in [2.75, 3.05) is 23.4 Å². The Hall–Kier alpha value is -2.24. The van der Waals surface area contributed by atoms with Gasteiger partial charge < -0.3 is 4.90 Å². The monoisotopic (exact) mass is 301 g/mol. The second kappa shape index (κ2) is 7.52. The van der Waals surface area contributed by atoms with E-state index in [1.165, 1.54) is 25.7 Å². The van der Waals surface area contributed by atoms with Crippen LogP contribution in [0.3, 0.4) is 0 Å². The molecule has 5 nitrogen and oxygen atoms in total. The first-order valence-electron chi connectivity index (χ1n) is 6.93. The first kappa shape index (κ1) is 15.2. The number of benzene rings is 1. The van der Waals surface area contributed by atoms with Crippen molar-refractivity contribution in [1.82, 2.24) is 0 Å². The molecule has 0 bridgehead atoms. The molecule has 0 saturated carbocycles. The van der Waals surface area contributed by atoms with Crippen molar-refractivity contribution in [3.8, 4) is 12.1 Å². The van der Waals surface area contributed by atoms with E-state index in [2.05, 4.69) is 15.4 Å². The number of hydrazone groups is 1. The van der Waals surface area contributed by atoms with Crippen LogP contribution >= 0.6 is 11.6 Å². The van der Waals surface area contributed by atoms with Gasteiger partial charge in [0, 0.05) is 13.1 Å². The lowest BCUT2D eigenvalue weighted by Crippen LogP contribution is -2.24. The topological polar surface area (TPSA) is 75.2 Å². The predicted molar refractivity (Wildman–Crippen MR) is 84.4 cm³/mol. The van der Waals surface area contributed by atoms with Crippen molar-refractivity contribution in [2.45, 2.75) is 25.7 Å². The lowest BCUT2D eigenvalue weighted by Gasteiger charge is -2.24. The summed E-state index contributed by atoms with van der Waals surface area (Å²) in [4.78, 5) is 2.30. The third-order valence-electron chi connectivity index (χ3n) is 3.40. The molecule has 1 aromatic rings. The predicted octanol–water partition coefficient (Wildman–Crippen LogP) is 3.54. The largest absolute Gasteiger partial charge is 0.370 e. The molecule has 0 aliphatic carbocycles. The van der Waals surface area contributed by atoms with Gasteiger partial charge in [0.05, 0.1) is 16.4 Å². The molecule has 0 amide bonds. The zero-order valence-electron chi connectivity index (χ0n) is 11.6. The zero-order chi connectivity index (χ0) is 15.1. The van der Waals surface area contributed by atoms with Crippen molar-refractivity contribution in [3.63, 3.8) is 0 Å². The van der Waals surface area contributed by atoms with E-state index in [0.29, 0.717) is 10.7 Å². The molecule has 0 unspecified atom stereocenters. The Kier molecular flexibility index (Phi) is 5.43. The van der Waals surface area contributed by atoms with Crippen molar-refractivity contribution in [2.24, 2.45) is 5.10 Å². The van der Waals surface area contributed by atoms with Crippen LogP contribution in [0, 0.1) is 22.7 Å². The minimum absolute atomic E-state index is 0.220. The maximum absolute atomic E-state index is 8.62. The third-order valence-corrected chi connectivity index (χ3v) is 3.71. The Balaban J connectivity index is 2.12. The molecule has 1 aromatic carbocycles. The Labute approximate surface area is 129 Å². The molecule has 0 spiro atoms. The Morgan fingerprint density at radius 1 is 1.14 bits per heavy atom. The second-order valence-electron chi connectivity index (χ2n) is 4.86. The fourth-order valence-electron chi connectivity index (χ4n) is 2.34. The van der Waals surface area contributed by atoms with Crippen LogP contribution in [0.15, 0.2) is 23.3 Å². The molecule has 108 valence electrons. The summed E-state index contributed by atoms with van der Waals surface area (Å²) in [5, 5.41) is 21.6. The number of anilines is 2. The first-order valence-corrected chi connectivity index (χ1v) is 7.31. The van der Waals surface area contributed by atoms with Gasteiger partial charge in [-0.1, -0.05) is 24.4 Å². The molecular weight excluding hydrogens is 286 g/mol. The van der Waals surface area contributed by atoms with Crippen LogP contribution in [0.5, 0.6) is 0 Å². The summed E-state index contributed by atoms with van der Waals surface area (Å²) in [5.74, 6) is 0. The second-order valence-corrected chi connectivity index (χ2v) is 5.27. The molecule has 1 fully saturated rings. The summed E-state index contributed by atoms with van der Waals surface area (Å²) in [6.07, 6.45) is 4.92. The van der Waals surface area contributed by atoms with Gasteiger partial charge in [0.25, 0.3) is 0 Å². The van der Waals surface area contributed by atoms with Gasteiger partial charge in [0.2, 0.25) is 5.71 Å². The normalized spacial score (nSPS) is 14.5. The number of rotatable bonds is 3. The molecule has 1 aliphatic rings. The van der Waals surface area contributed by atoms with Crippen molar-refractivity contribution in [1.29, 1.82) is 10.5 Å². The number of nitrogens with zero attached hydrogens (tertiary/aromatic N) is 4. The summed E-state index contributed by atoms with van der Waals surface area (Å²) in [6.45, 7) is 2.05. The highest BCUT2D eigenvalue weighted by atomic mass is 35.5. The summed E-state index contributed by atoms with van der Waals surface area (Å²) in [7, 11) is 0. The fourth-order valence-corrected chi connectivity index (χ4v) is 2.64. The summed E-state index contributed by atoms with van der Waals surface area (Å²) in [5.41, 5.74) is 4.13. The molecule has 1 N–H and O–H groups in total. The van der Waals surface area contributed by atoms with E-state index >= 15 is 0 Å². The molecule has 2 rings (SSSR count). The quantitative estimate of drug-likeness (QED) is 0.684. The fraction of sp³-hybridized carbons (Fsp3) is 0.400. The highest BCUT2D eigenvalue weighted by molar-refractivity contribution is 6.33. The number of hydrogen-bond acceptors (Lipinski definition) is 5. The molecule has 1 aliphatic heterocycles. The van der Waals surface area contributed by atoms with Crippen molar-refractivity contribution < 1.29 is 0 Å². The Morgan fingerprint density at radius 3 is 2.38 bits per heavy atom. The molecule has 1 saturated heterocycles. The van der Waals surface area contributed by atoms with Crippen LogP contribution in [0.1, 0.15) is 25.7 Å². The molecule has 6 heteroatoms. The molecule has 0 radical (unpaired) electrons. The standard InChI is InChI=1S/C15H16ClN5/c16-14-9-12(19-20-13(10-17)11-18)5-6-15(14)21-7-3-1-2-4-8-21/h5-6,9,19H,1-4,7-8H2. The molecule has 1 heterocycles. The molecule has 0 aromatic heterocycles. The van der Waals surface area contributed by atoms with Gasteiger partial charge in [-0.15, -0.1) is 0 Å². The van der Waals surface area contributed by atoms with Gasteiger partial charge in [-0.25, -0.2) is 0 Å². The lowest BCUT2D eigenvalue weighted by molar-refractivity contribution is 0.726. The van der Waals surface area contributed by atoms with Crippen LogP contribution in [-0.4, -0.2) is 18.8 Å². The van der Waals surface area contributed by atoms with Crippen LogP contribution in [0.4, 0.5) is 11.4 Å². The van der Waals surface area contributed by atoms with Gasteiger partial charge in [-0.05, 0) is 31.0 Å². The number of hydrogen-bond donors (Lipinski definition) is 1. The Morgan fingerprint density at radius 2 is 1.81 bits per heavy atom. The van der Waals surface area contributed by atoms with E-state index in [0.717, 1.165) is 18.8 Å². The van der Waals surface area contributed by atoms with E-state index in [1.54, 1.807) is 18.2 Å². The highest BCUT2D eigenvalue weighted by Crippen LogP contribution is 2.30. The first-order chi connectivity index (χ1) is 10.2. The van der Waals surface area contributed by atoms with E-state index in [4.69, 9.17) is 22.1 Å². The van der Waals surface area contributed by atoms with Gasteiger partial charge in [0.1, 0.15) is 12.1 Å². The maximum Gasteiger partial charge on any atom is 0.237 e. The average molecular weight is 302 g/mol. The lowest BCUT2D eigenvalue weighted by atomic mass is 10.2. The van der Waals surface area contributed by atoms with E-state index in [1.807, 2.05) is 12.1 Å². The van der Waals surface area contributed by atoms with E-state index < -0.39 is 0 Å². The molecular formula is C15H16ClN5. The zero-order valence-corrected chi connectivity index (χ0v) is 12.4. The summed E-state index contributed by atoms with van der Waals surface area (Å²) >= 11 is 6.34. The number of nitrogens with one attached hydrogen (secondary N) is 1. The van der Waals surface area contributed by atoms with Crippen LogP contribution in [0.2, 0.25) is 5.02 Å². The Bertz CT molecular complexity index is 587. The van der Waals surface area contributed by atoms with Crippen LogP contribution in [-0.2, 0) is 0 Å². The SMILES string of the molecule is N#CC(C#N)=NNc1ccc(N2CCCCCC2)c(Cl)c1. The van der Waals surface area contributed by atoms with Gasteiger partial charge in [0.15, 0.2) is 0 Å². The average Bonchev–Trinajstić information content (AvgIpc) is 2.77. The number of nitriles is 2. The van der Waals surface area contributed by atoms with Gasteiger partial charge in [-0.3, -0.25) is 5.43 Å². The third kappa shape index (κ3) is 4.11. The highest BCUT2D eigenvalue weighted by Gasteiger charge is 2.13. The smallest absolute Gasteiger partial charge is 0.237 e. The minimum atomic E-state index is -0.220. The van der Waals surface area contributed by atoms with Crippen molar-refractivity contribution >= 4 is 28.7 Å². The summed E-state index contributed by atoms with van der Waals surface area (Å²) in [6, 6.07) is 8.94. The van der Waals surface area contributed by atoms with Crippen LogP contribution in [0.25, 0.3) is 0 Å².